The highest BCUT2D eigenvalue weighted by Gasteiger charge is 2.20. The van der Waals surface area contributed by atoms with Crippen LogP contribution in [0.1, 0.15) is 0 Å². The first-order valence-corrected chi connectivity index (χ1v) is 18.9. The number of hydrogen-bond acceptors (Lipinski definition) is 2. The molecule has 0 unspecified atom stereocenters. The number of anilines is 3. The van der Waals surface area contributed by atoms with Gasteiger partial charge in [0.25, 0.3) is 0 Å². The Hall–Kier alpha value is -6.68. The van der Waals surface area contributed by atoms with Crippen molar-refractivity contribution in [3.63, 3.8) is 0 Å². The number of thiophene rings is 1. The first kappa shape index (κ1) is 30.0. The molecule has 0 radical (unpaired) electrons. The molecule has 0 amide bonds. The van der Waals surface area contributed by atoms with Crippen molar-refractivity contribution in [3.8, 4) is 16.8 Å². The third-order valence-electron chi connectivity index (χ3n) is 10.8. The fourth-order valence-corrected chi connectivity index (χ4v) is 9.58. The first-order chi connectivity index (χ1) is 26.3. The van der Waals surface area contributed by atoms with Crippen LogP contribution in [0.4, 0.5) is 17.1 Å². The average Bonchev–Trinajstić information content (AvgIpc) is 3.78. The van der Waals surface area contributed by atoms with E-state index < -0.39 is 0 Å². The van der Waals surface area contributed by atoms with Crippen LogP contribution in [-0.4, -0.2) is 4.57 Å². The van der Waals surface area contributed by atoms with Crippen molar-refractivity contribution in [2.24, 2.45) is 0 Å². The van der Waals surface area contributed by atoms with E-state index in [4.69, 9.17) is 0 Å². The van der Waals surface area contributed by atoms with Crippen LogP contribution in [0.15, 0.2) is 194 Å². The zero-order valence-electron chi connectivity index (χ0n) is 28.8. The van der Waals surface area contributed by atoms with Crippen LogP contribution in [0, 0.1) is 0 Å². The molecule has 11 rings (SSSR count). The molecule has 53 heavy (non-hydrogen) atoms. The molecule has 0 aliphatic carbocycles. The summed E-state index contributed by atoms with van der Waals surface area (Å²) in [5, 5.41) is 10.1. The summed E-state index contributed by atoms with van der Waals surface area (Å²) in [6.07, 6.45) is 0. The Kier molecular flexibility index (Phi) is 6.76. The average molecular weight is 693 g/mol. The summed E-state index contributed by atoms with van der Waals surface area (Å²) in [5.41, 5.74) is 9.46. The van der Waals surface area contributed by atoms with Crippen molar-refractivity contribution in [2.75, 3.05) is 4.90 Å². The predicted octanol–water partition coefficient (Wildman–Crippen LogP) is 14.6. The van der Waals surface area contributed by atoms with Crippen molar-refractivity contribution < 1.29 is 0 Å². The van der Waals surface area contributed by atoms with Gasteiger partial charge in [-0.3, -0.25) is 0 Å². The van der Waals surface area contributed by atoms with E-state index in [-0.39, 0.29) is 0 Å². The van der Waals surface area contributed by atoms with E-state index in [1.165, 1.54) is 86.0 Å². The largest absolute Gasteiger partial charge is 0.309 e. The molecule has 0 aliphatic heterocycles. The lowest BCUT2D eigenvalue weighted by molar-refractivity contribution is 1.18. The molecule has 0 saturated heterocycles. The molecule has 9 aromatic carbocycles. The Balaban J connectivity index is 1.12. The van der Waals surface area contributed by atoms with E-state index in [1.807, 2.05) is 11.3 Å². The molecule has 2 aromatic heterocycles. The minimum atomic E-state index is 1.12. The van der Waals surface area contributed by atoms with Crippen molar-refractivity contribution in [3.05, 3.63) is 194 Å². The maximum absolute atomic E-state index is 2.45. The van der Waals surface area contributed by atoms with Crippen molar-refractivity contribution >= 4 is 91.9 Å². The molecule has 0 saturated carbocycles. The zero-order chi connectivity index (χ0) is 34.9. The second-order valence-electron chi connectivity index (χ2n) is 13.7. The summed E-state index contributed by atoms with van der Waals surface area (Å²) in [5.74, 6) is 0. The molecular weight excluding hydrogens is 661 g/mol. The van der Waals surface area contributed by atoms with Crippen molar-refractivity contribution in [2.45, 2.75) is 0 Å². The topological polar surface area (TPSA) is 8.17 Å². The first-order valence-electron chi connectivity index (χ1n) is 18.1. The molecule has 11 aromatic rings. The lowest BCUT2D eigenvalue weighted by Crippen LogP contribution is -2.10. The summed E-state index contributed by atoms with van der Waals surface area (Å²) in [6, 6.07) is 70.9. The van der Waals surface area contributed by atoms with Gasteiger partial charge in [-0.25, -0.2) is 0 Å². The van der Waals surface area contributed by atoms with Gasteiger partial charge in [0.2, 0.25) is 0 Å². The molecule has 3 heteroatoms. The van der Waals surface area contributed by atoms with Crippen molar-refractivity contribution in [1.29, 1.82) is 0 Å². The molecular formula is C50H32N2S. The van der Waals surface area contributed by atoms with Crippen LogP contribution >= 0.6 is 11.3 Å². The summed E-state index contributed by atoms with van der Waals surface area (Å²) >= 11 is 1.87. The monoisotopic (exact) mass is 692 g/mol. The van der Waals surface area contributed by atoms with E-state index in [9.17, 15) is 0 Å². The third-order valence-corrected chi connectivity index (χ3v) is 12.0. The number of benzene rings is 9. The van der Waals surface area contributed by atoms with Gasteiger partial charge in [0.05, 0.1) is 21.4 Å². The molecule has 0 N–H and O–H groups in total. The highest BCUT2D eigenvalue weighted by Crippen LogP contribution is 2.46. The summed E-state index contributed by atoms with van der Waals surface area (Å²) in [6.45, 7) is 0. The number of fused-ring (bicyclic) bond motifs is 9. The van der Waals surface area contributed by atoms with Gasteiger partial charge in [-0.2, -0.15) is 0 Å². The summed E-state index contributed by atoms with van der Waals surface area (Å²) < 4.78 is 4.98. The van der Waals surface area contributed by atoms with Gasteiger partial charge in [0.1, 0.15) is 0 Å². The summed E-state index contributed by atoms with van der Waals surface area (Å²) in [4.78, 5) is 2.45. The fraction of sp³-hybridized carbons (Fsp3) is 0. The minimum Gasteiger partial charge on any atom is -0.309 e. The van der Waals surface area contributed by atoms with Crippen LogP contribution < -0.4 is 4.90 Å². The van der Waals surface area contributed by atoms with Crippen LogP contribution in [0.25, 0.3) is 80.3 Å². The molecule has 248 valence electrons. The van der Waals surface area contributed by atoms with Crippen LogP contribution in [0.2, 0.25) is 0 Å². The van der Waals surface area contributed by atoms with Gasteiger partial charge in [-0.05, 0) is 93.3 Å². The number of para-hydroxylation sites is 2. The highest BCUT2D eigenvalue weighted by atomic mass is 32.1. The highest BCUT2D eigenvalue weighted by molar-refractivity contribution is 7.26. The van der Waals surface area contributed by atoms with Gasteiger partial charge in [-0.15, -0.1) is 11.3 Å². The Morgan fingerprint density at radius 1 is 0.415 bits per heavy atom. The maximum Gasteiger partial charge on any atom is 0.0640 e. The number of hydrogen-bond donors (Lipinski definition) is 0. The third kappa shape index (κ3) is 4.71. The predicted molar refractivity (Wildman–Crippen MR) is 229 cm³/mol. The number of nitrogens with zero attached hydrogens (tertiary/aromatic N) is 2. The summed E-state index contributed by atoms with van der Waals surface area (Å²) in [7, 11) is 0. The van der Waals surface area contributed by atoms with Crippen molar-refractivity contribution in [1.82, 2.24) is 4.57 Å². The van der Waals surface area contributed by atoms with E-state index in [0.29, 0.717) is 0 Å². The van der Waals surface area contributed by atoms with Crippen LogP contribution in [0.3, 0.4) is 0 Å². The molecule has 2 nitrogen and oxygen atoms in total. The molecule has 0 spiro atoms. The van der Waals surface area contributed by atoms with Crippen LogP contribution in [-0.2, 0) is 0 Å². The number of aromatic nitrogens is 1. The molecule has 0 bridgehead atoms. The van der Waals surface area contributed by atoms with Gasteiger partial charge in [0.15, 0.2) is 0 Å². The van der Waals surface area contributed by atoms with Gasteiger partial charge < -0.3 is 9.47 Å². The fourth-order valence-electron chi connectivity index (χ4n) is 8.37. The number of rotatable bonds is 5. The van der Waals surface area contributed by atoms with E-state index in [2.05, 4.69) is 204 Å². The second kappa shape index (κ2) is 11.9. The lowest BCUT2D eigenvalue weighted by Gasteiger charge is -2.27. The Labute approximate surface area is 311 Å². The van der Waals surface area contributed by atoms with Gasteiger partial charge in [-0.1, -0.05) is 133 Å². The second-order valence-corrected chi connectivity index (χ2v) is 14.8. The smallest absolute Gasteiger partial charge is 0.0640 e. The molecule has 2 heterocycles. The maximum atomic E-state index is 2.45. The Bertz CT molecular complexity index is 3170. The minimum absolute atomic E-state index is 1.12. The van der Waals surface area contributed by atoms with E-state index >= 15 is 0 Å². The SMILES string of the molecule is c1ccc(-n2c3ccccc3c3c(-c4ccc(N(c5ccc6ccc7ccccc7c6c5)c5cccc6c5sc5ccccc56)cc4)cccc32)cc1. The van der Waals surface area contributed by atoms with E-state index in [0.717, 1.165) is 11.4 Å². The Morgan fingerprint density at radius 3 is 1.92 bits per heavy atom. The normalized spacial score (nSPS) is 11.8. The Morgan fingerprint density at radius 2 is 1.06 bits per heavy atom. The molecule has 0 atom stereocenters. The lowest BCUT2D eigenvalue weighted by atomic mass is 9.98. The molecule has 0 aliphatic rings. The van der Waals surface area contributed by atoms with Gasteiger partial charge in [0, 0.05) is 43.3 Å². The van der Waals surface area contributed by atoms with E-state index in [1.54, 1.807) is 0 Å². The zero-order valence-corrected chi connectivity index (χ0v) is 29.6. The standard InChI is InChI=1S/C50H32N2S/c1-2-13-36(14-3-1)52-45-20-8-6-17-43(45)49-40(18-10-21-46(49)52)34-26-29-37(30-27-34)51(47-22-11-19-42-41-16-7-9-23-48(41)53-50(42)47)38-31-28-35-25-24-33-12-4-5-15-39(33)44(35)32-38/h1-32H. The quantitative estimate of drug-likeness (QED) is 0.163. The van der Waals surface area contributed by atoms with Gasteiger partial charge >= 0.3 is 0 Å². The molecule has 0 fully saturated rings. The van der Waals surface area contributed by atoms with Crippen LogP contribution in [0.5, 0.6) is 0 Å².